The highest BCUT2D eigenvalue weighted by Crippen LogP contribution is 2.00. The smallest absolute Gasteiger partial charge is 0.233 e. The number of Topliss-reactive ketones (excluding diaryl/α,β-unsaturated/α-hetero) is 1. The lowest BCUT2D eigenvalue weighted by atomic mass is 10.0. The molecule has 50 valence electrons. The first kappa shape index (κ1) is 8.19. The van der Waals surface area contributed by atoms with E-state index in [1.807, 2.05) is 5.92 Å². The van der Waals surface area contributed by atoms with Crippen molar-refractivity contribution < 1.29 is 9.90 Å². The second-order valence-electron chi connectivity index (χ2n) is 2.20. The molecule has 0 heterocycles. The Balaban J connectivity index is 3.92. The van der Waals surface area contributed by atoms with Crippen LogP contribution in [-0.2, 0) is 4.79 Å². The van der Waals surface area contributed by atoms with Crippen LogP contribution in [0.15, 0.2) is 0 Å². The van der Waals surface area contributed by atoms with E-state index in [2.05, 4.69) is 0 Å². The number of aliphatic hydroxyl groups excluding tert-OH is 1. The molecule has 0 amide bonds. The third kappa shape index (κ3) is 2.29. The molecule has 9 heavy (non-hydrogen) atoms. The average molecular weight is 126 g/mol. The summed E-state index contributed by atoms with van der Waals surface area (Å²) in [6.07, 6.45) is 3.76. The maximum atomic E-state index is 10.5. The van der Waals surface area contributed by atoms with Crippen LogP contribution in [0.1, 0.15) is 13.8 Å². The van der Waals surface area contributed by atoms with E-state index >= 15 is 0 Å². The highest BCUT2D eigenvalue weighted by molar-refractivity contribution is 5.98. The summed E-state index contributed by atoms with van der Waals surface area (Å²) >= 11 is 0. The molecule has 0 aromatic heterocycles. The lowest BCUT2D eigenvalue weighted by Crippen LogP contribution is -2.24. The summed E-state index contributed by atoms with van der Waals surface area (Å²) in [5.41, 5.74) is 0. The van der Waals surface area contributed by atoms with Gasteiger partial charge in [0.25, 0.3) is 0 Å². The number of hydrogen-bond donors (Lipinski definition) is 1. The largest absolute Gasteiger partial charge is 0.384 e. The number of terminal acetylenes is 1. The Morgan fingerprint density at radius 3 is 2.22 bits per heavy atom. The zero-order chi connectivity index (χ0) is 7.44. The number of hydrogen-bond acceptors (Lipinski definition) is 2. The lowest BCUT2D eigenvalue weighted by molar-refractivity contribution is -0.123. The van der Waals surface area contributed by atoms with Crippen molar-refractivity contribution >= 4 is 5.78 Å². The molecule has 0 rings (SSSR count). The second kappa shape index (κ2) is 3.26. The molecule has 2 heteroatoms. The van der Waals surface area contributed by atoms with Crippen molar-refractivity contribution in [1.29, 1.82) is 0 Å². The van der Waals surface area contributed by atoms with Crippen molar-refractivity contribution in [2.45, 2.75) is 20.0 Å². The Labute approximate surface area is 54.9 Å². The summed E-state index contributed by atoms with van der Waals surface area (Å²) in [7, 11) is 0. The zero-order valence-electron chi connectivity index (χ0n) is 5.59. The Hall–Kier alpha value is -0.810. The van der Waals surface area contributed by atoms with Gasteiger partial charge in [0.2, 0.25) is 5.78 Å². The summed E-state index contributed by atoms with van der Waals surface area (Å²) in [6, 6.07) is 0. The van der Waals surface area contributed by atoms with E-state index in [1.165, 1.54) is 0 Å². The van der Waals surface area contributed by atoms with Crippen molar-refractivity contribution in [2.24, 2.45) is 5.92 Å². The van der Waals surface area contributed by atoms with E-state index < -0.39 is 11.9 Å². The molecule has 0 radical (unpaired) electrons. The molecular weight excluding hydrogens is 116 g/mol. The molecule has 0 saturated heterocycles. The minimum Gasteiger partial charge on any atom is -0.384 e. The standard InChI is InChI=1S/C7H10O2/c1-4-6(8)7(9)5(2)3/h1,5,7,9H,2-3H3. The molecule has 0 bridgehead atoms. The summed E-state index contributed by atoms with van der Waals surface area (Å²) in [5, 5.41) is 8.90. The van der Waals surface area contributed by atoms with E-state index in [1.54, 1.807) is 13.8 Å². The fourth-order valence-electron chi connectivity index (χ4n) is 0.388. The van der Waals surface area contributed by atoms with Crippen LogP contribution >= 0.6 is 0 Å². The molecule has 2 nitrogen and oxygen atoms in total. The molecule has 0 aliphatic heterocycles. The summed E-state index contributed by atoms with van der Waals surface area (Å²) in [5.74, 6) is 1.23. The van der Waals surface area contributed by atoms with Crippen LogP contribution in [0.5, 0.6) is 0 Å². The van der Waals surface area contributed by atoms with Crippen molar-refractivity contribution in [2.75, 3.05) is 0 Å². The lowest BCUT2D eigenvalue weighted by Gasteiger charge is -2.07. The van der Waals surface area contributed by atoms with E-state index in [9.17, 15) is 4.79 Å². The van der Waals surface area contributed by atoms with Gasteiger partial charge in [0.1, 0.15) is 6.10 Å². The fourth-order valence-corrected chi connectivity index (χ4v) is 0.388. The first-order chi connectivity index (χ1) is 4.09. The van der Waals surface area contributed by atoms with Crippen LogP contribution in [0.25, 0.3) is 0 Å². The van der Waals surface area contributed by atoms with Gasteiger partial charge in [0.05, 0.1) is 0 Å². The monoisotopic (exact) mass is 126 g/mol. The SMILES string of the molecule is C#CC(=O)C(O)C(C)C. The van der Waals surface area contributed by atoms with Crippen LogP contribution in [0, 0.1) is 18.3 Å². The number of rotatable bonds is 2. The summed E-state index contributed by atoms with van der Waals surface area (Å²) in [6.45, 7) is 3.47. The Kier molecular flexibility index (Phi) is 2.97. The van der Waals surface area contributed by atoms with Crippen LogP contribution in [0.4, 0.5) is 0 Å². The molecule has 1 atom stereocenters. The van der Waals surface area contributed by atoms with Crippen molar-refractivity contribution in [1.82, 2.24) is 0 Å². The molecule has 0 aromatic carbocycles. The summed E-state index contributed by atoms with van der Waals surface area (Å²) < 4.78 is 0. The molecule has 1 unspecified atom stereocenters. The van der Waals surface area contributed by atoms with Crippen LogP contribution in [-0.4, -0.2) is 17.0 Å². The molecule has 0 spiro atoms. The first-order valence-corrected chi connectivity index (χ1v) is 2.78. The van der Waals surface area contributed by atoms with E-state index in [0.29, 0.717) is 0 Å². The van der Waals surface area contributed by atoms with Gasteiger partial charge < -0.3 is 5.11 Å². The molecule has 0 aliphatic carbocycles. The van der Waals surface area contributed by atoms with Crippen molar-refractivity contribution in [3.8, 4) is 12.3 Å². The predicted octanol–water partition coefficient (Wildman–Crippen LogP) is 0.206. The predicted molar refractivity (Wildman–Crippen MR) is 34.7 cm³/mol. The maximum Gasteiger partial charge on any atom is 0.233 e. The van der Waals surface area contributed by atoms with Gasteiger partial charge in [0.15, 0.2) is 0 Å². The first-order valence-electron chi connectivity index (χ1n) is 2.78. The number of aliphatic hydroxyl groups is 1. The Morgan fingerprint density at radius 1 is 1.67 bits per heavy atom. The molecule has 0 aromatic rings. The topological polar surface area (TPSA) is 37.3 Å². The van der Waals surface area contributed by atoms with E-state index in [0.717, 1.165) is 0 Å². The molecule has 0 saturated carbocycles. The van der Waals surface area contributed by atoms with Gasteiger partial charge in [-0.25, -0.2) is 0 Å². The van der Waals surface area contributed by atoms with Gasteiger partial charge in [-0.05, 0) is 11.8 Å². The van der Waals surface area contributed by atoms with E-state index in [4.69, 9.17) is 11.5 Å². The zero-order valence-corrected chi connectivity index (χ0v) is 5.59. The highest BCUT2D eigenvalue weighted by Gasteiger charge is 2.15. The number of carbonyl (C=O) groups is 1. The van der Waals surface area contributed by atoms with Crippen LogP contribution < -0.4 is 0 Å². The minimum atomic E-state index is -0.991. The molecular formula is C7H10O2. The molecule has 0 fully saturated rings. The van der Waals surface area contributed by atoms with Gasteiger partial charge in [-0.3, -0.25) is 4.79 Å². The Morgan fingerprint density at radius 2 is 2.11 bits per heavy atom. The van der Waals surface area contributed by atoms with Crippen molar-refractivity contribution in [3.63, 3.8) is 0 Å². The van der Waals surface area contributed by atoms with Gasteiger partial charge >= 0.3 is 0 Å². The highest BCUT2D eigenvalue weighted by atomic mass is 16.3. The number of ketones is 1. The normalized spacial score (nSPS) is 12.8. The fraction of sp³-hybridized carbons (Fsp3) is 0.571. The van der Waals surface area contributed by atoms with Crippen LogP contribution in [0.2, 0.25) is 0 Å². The van der Waals surface area contributed by atoms with Gasteiger partial charge in [-0.1, -0.05) is 13.8 Å². The summed E-state index contributed by atoms with van der Waals surface area (Å²) in [4.78, 5) is 10.5. The average Bonchev–Trinajstić information content (AvgIpc) is 1.84. The maximum absolute atomic E-state index is 10.5. The van der Waals surface area contributed by atoms with Crippen LogP contribution in [0.3, 0.4) is 0 Å². The number of carbonyl (C=O) groups excluding carboxylic acids is 1. The van der Waals surface area contributed by atoms with Crippen molar-refractivity contribution in [3.05, 3.63) is 0 Å². The van der Waals surface area contributed by atoms with Gasteiger partial charge in [-0.2, -0.15) is 0 Å². The third-order valence-electron chi connectivity index (χ3n) is 1.04. The third-order valence-corrected chi connectivity index (χ3v) is 1.04. The van der Waals surface area contributed by atoms with Gasteiger partial charge in [-0.15, -0.1) is 6.42 Å². The second-order valence-corrected chi connectivity index (χ2v) is 2.20. The Bertz CT molecular complexity index is 141. The minimum absolute atomic E-state index is 0.0893. The van der Waals surface area contributed by atoms with E-state index in [-0.39, 0.29) is 5.92 Å². The van der Waals surface area contributed by atoms with Gasteiger partial charge in [0, 0.05) is 0 Å². The quantitative estimate of drug-likeness (QED) is 0.424. The molecule has 0 aliphatic rings. The molecule has 1 N–H and O–H groups in total.